The summed E-state index contributed by atoms with van der Waals surface area (Å²) >= 11 is 0. The molecule has 1 atom stereocenters. The van der Waals surface area contributed by atoms with Crippen LogP contribution in [0.3, 0.4) is 0 Å². The Bertz CT molecular complexity index is 868. The monoisotopic (exact) mass is 343 g/mol. The van der Waals surface area contributed by atoms with Crippen LogP contribution in [-0.4, -0.2) is 41.1 Å². The fraction of sp³-hybridized carbons (Fsp3) is 0.353. The van der Waals surface area contributed by atoms with E-state index in [0.29, 0.717) is 22.9 Å². The lowest BCUT2D eigenvalue weighted by Gasteiger charge is -2.19. The first-order valence-electron chi connectivity index (χ1n) is 7.81. The van der Waals surface area contributed by atoms with E-state index in [2.05, 4.69) is 20.6 Å². The van der Waals surface area contributed by atoms with E-state index in [4.69, 9.17) is 14.2 Å². The van der Waals surface area contributed by atoms with Crippen molar-refractivity contribution >= 4 is 11.3 Å². The number of rotatable bonds is 6. The van der Waals surface area contributed by atoms with Crippen molar-refractivity contribution < 1.29 is 14.2 Å². The third-order valence-electron chi connectivity index (χ3n) is 3.95. The second kappa shape index (κ2) is 6.84. The summed E-state index contributed by atoms with van der Waals surface area (Å²) in [6, 6.07) is 5.76. The van der Waals surface area contributed by atoms with Crippen molar-refractivity contribution in [1.29, 1.82) is 0 Å². The van der Waals surface area contributed by atoms with Crippen LogP contribution in [0.5, 0.6) is 17.2 Å². The number of methoxy groups -OCH3 is 3. The molecule has 1 unspecified atom stereocenters. The van der Waals surface area contributed by atoms with Crippen LogP contribution in [-0.2, 0) is 0 Å². The zero-order valence-corrected chi connectivity index (χ0v) is 14.9. The molecule has 8 heteroatoms. The second-order valence-corrected chi connectivity index (χ2v) is 5.62. The summed E-state index contributed by atoms with van der Waals surface area (Å²) < 4.78 is 17.9. The van der Waals surface area contributed by atoms with Crippen LogP contribution in [0.1, 0.15) is 24.2 Å². The normalized spacial score (nSPS) is 12.0. The minimum Gasteiger partial charge on any atom is -0.493 e. The van der Waals surface area contributed by atoms with Crippen molar-refractivity contribution in [2.24, 2.45) is 0 Å². The van der Waals surface area contributed by atoms with Crippen LogP contribution in [0, 0.1) is 6.92 Å². The molecule has 0 saturated carbocycles. The lowest BCUT2D eigenvalue weighted by atomic mass is 10.1. The smallest absolute Gasteiger partial charge is 0.203 e. The van der Waals surface area contributed by atoms with E-state index in [1.807, 2.05) is 32.0 Å². The number of benzene rings is 1. The molecule has 0 radical (unpaired) electrons. The summed E-state index contributed by atoms with van der Waals surface area (Å²) in [7, 11) is 4.79. The Morgan fingerprint density at radius 2 is 1.72 bits per heavy atom. The van der Waals surface area contributed by atoms with Gasteiger partial charge in [-0.25, -0.2) is 0 Å². The first-order chi connectivity index (χ1) is 12.1. The first-order valence-corrected chi connectivity index (χ1v) is 7.81. The predicted molar refractivity (Wildman–Crippen MR) is 93.7 cm³/mol. The Morgan fingerprint density at radius 1 is 1.04 bits per heavy atom. The molecule has 0 aliphatic rings. The summed E-state index contributed by atoms with van der Waals surface area (Å²) in [4.78, 5) is 0. The first kappa shape index (κ1) is 16.8. The molecule has 8 nitrogen and oxygen atoms in total. The molecular weight excluding hydrogens is 322 g/mol. The van der Waals surface area contributed by atoms with E-state index < -0.39 is 0 Å². The number of aromatic nitrogens is 4. The maximum absolute atomic E-state index is 5.43. The molecule has 132 valence electrons. The van der Waals surface area contributed by atoms with Gasteiger partial charge in [0.2, 0.25) is 11.4 Å². The standard InChI is InChI=1S/C17H21N5O3/c1-10-6-13(17-20-18-9-22(17)21-10)19-11(2)12-7-14(23-3)16(25-5)15(8-12)24-4/h6-9,11,19H,1-5H3. The van der Waals surface area contributed by atoms with E-state index in [1.54, 1.807) is 32.2 Å². The molecule has 0 bridgehead atoms. The van der Waals surface area contributed by atoms with Crippen molar-refractivity contribution in [2.45, 2.75) is 19.9 Å². The average Bonchev–Trinajstić information content (AvgIpc) is 3.08. The van der Waals surface area contributed by atoms with Crippen LogP contribution >= 0.6 is 0 Å². The molecule has 25 heavy (non-hydrogen) atoms. The van der Waals surface area contributed by atoms with E-state index >= 15 is 0 Å². The largest absolute Gasteiger partial charge is 0.493 e. The van der Waals surface area contributed by atoms with Gasteiger partial charge in [-0.3, -0.25) is 0 Å². The van der Waals surface area contributed by atoms with Crippen LogP contribution < -0.4 is 19.5 Å². The van der Waals surface area contributed by atoms with Gasteiger partial charge in [0.15, 0.2) is 11.5 Å². The summed E-state index contributed by atoms with van der Waals surface area (Å²) in [5.41, 5.74) is 3.38. The fourth-order valence-corrected chi connectivity index (χ4v) is 2.73. The Kier molecular flexibility index (Phi) is 4.60. The number of aryl methyl sites for hydroxylation is 1. The number of anilines is 1. The topological polar surface area (TPSA) is 82.8 Å². The highest BCUT2D eigenvalue weighted by Gasteiger charge is 2.17. The van der Waals surface area contributed by atoms with Gasteiger partial charge >= 0.3 is 0 Å². The number of hydrogen-bond donors (Lipinski definition) is 1. The van der Waals surface area contributed by atoms with Gasteiger partial charge in [0.05, 0.1) is 32.7 Å². The van der Waals surface area contributed by atoms with Gasteiger partial charge in [-0.1, -0.05) is 0 Å². The summed E-state index contributed by atoms with van der Waals surface area (Å²) in [5.74, 6) is 1.80. The van der Waals surface area contributed by atoms with E-state index in [1.165, 1.54) is 0 Å². The zero-order chi connectivity index (χ0) is 18.0. The van der Waals surface area contributed by atoms with Crippen LogP contribution in [0.4, 0.5) is 5.69 Å². The Morgan fingerprint density at radius 3 is 2.32 bits per heavy atom. The molecular formula is C17H21N5O3. The van der Waals surface area contributed by atoms with Crippen molar-refractivity contribution in [1.82, 2.24) is 19.8 Å². The number of nitrogens with one attached hydrogen (secondary N) is 1. The number of nitrogens with zero attached hydrogens (tertiary/aromatic N) is 4. The Balaban J connectivity index is 1.97. The molecule has 0 fully saturated rings. The van der Waals surface area contributed by atoms with E-state index in [-0.39, 0.29) is 6.04 Å². The Hall–Kier alpha value is -3.03. The number of fused-ring (bicyclic) bond motifs is 1. The SMILES string of the molecule is COc1cc(C(C)Nc2cc(C)nn3cnnc23)cc(OC)c1OC. The molecule has 0 aliphatic carbocycles. The Labute approximate surface area is 145 Å². The van der Waals surface area contributed by atoms with Crippen LogP contribution in [0.15, 0.2) is 24.5 Å². The second-order valence-electron chi connectivity index (χ2n) is 5.62. The number of hydrogen-bond acceptors (Lipinski definition) is 7. The van der Waals surface area contributed by atoms with Gasteiger partial charge in [-0.15, -0.1) is 10.2 Å². The van der Waals surface area contributed by atoms with Crippen molar-refractivity contribution in [3.63, 3.8) is 0 Å². The van der Waals surface area contributed by atoms with E-state index in [9.17, 15) is 0 Å². The molecule has 3 rings (SSSR count). The maximum atomic E-state index is 5.43. The average molecular weight is 343 g/mol. The third kappa shape index (κ3) is 3.15. The zero-order valence-electron chi connectivity index (χ0n) is 14.9. The molecule has 3 aromatic rings. The van der Waals surface area contributed by atoms with Crippen LogP contribution in [0.2, 0.25) is 0 Å². The highest BCUT2D eigenvalue weighted by molar-refractivity contribution is 5.67. The van der Waals surface area contributed by atoms with Crippen molar-refractivity contribution in [3.8, 4) is 17.2 Å². The van der Waals surface area contributed by atoms with E-state index in [0.717, 1.165) is 16.9 Å². The predicted octanol–water partition coefficient (Wildman–Crippen LogP) is 2.63. The highest BCUT2D eigenvalue weighted by Crippen LogP contribution is 2.40. The van der Waals surface area contributed by atoms with Gasteiger partial charge in [0.1, 0.15) is 6.33 Å². The molecule has 0 saturated heterocycles. The van der Waals surface area contributed by atoms with Gasteiger partial charge in [-0.05, 0) is 37.6 Å². The molecule has 2 aromatic heterocycles. The summed E-state index contributed by atoms with van der Waals surface area (Å²) in [6.45, 7) is 3.97. The van der Waals surface area contributed by atoms with Gasteiger partial charge in [0.25, 0.3) is 0 Å². The molecule has 0 aliphatic heterocycles. The van der Waals surface area contributed by atoms with Crippen molar-refractivity contribution in [2.75, 3.05) is 26.6 Å². The summed E-state index contributed by atoms with van der Waals surface area (Å²) in [6.07, 6.45) is 1.58. The molecule has 1 N–H and O–H groups in total. The van der Waals surface area contributed by atoms with Gasteiger partial charge < -0.3 is 19.5 Å². The molecule has 0 amide bonds. The van der Waals surface area contributed by atoms with Crippen molar-refractivity contribution in [3.05, 3.63) is 35.8 Å². The van der Waals surface area contributed by atoms with Crippen LogP contribution in [0.25, 0.3) is 5.65 Å². The lowest BCUT2D eigenvalue weighted by Crippen LogP contribution is -2.10. The lowest BCUT2D eigenvalue weighted by molar-refractivity contribution is 0.323. The fourth-order valence-electron chi connectivity index (χ4n) is 2.73. The maximum Gasteiger partial charge on any atom is 0.203 e. The molecule has 2 heterocycles. The summed E-state index contributed by atoms with van der Waals surface area (Å²) in [5, 5.41) is 15.8. The number of ether oxygens (including phenoxy) is 3. The highest BCUT2D eigenvalue weighted by atomic mass is 16.5. The van der Waals surface area contributed by atoms with Gasteiger partial charge in [-0.2, -0.15) is 9.61 Å². The molecule has 0 spiro atoms. The quantitative estimate of drug-likeness (QED) is 0.736. The minimum absolute atomic E-state index is 0.0315. The third-order valence-corrected chi connectivity index (χ3v) is 3.95. The molecule has 1 aromatic carbocycles. The van der Waals surface area contributed by atoms with Gasteiger partial charge in [0, 0.05) is 6.04 Å². The minimum atomic E-state index is -0.0315.